The molecule has 2 aromatic rings. The number of anilines is 1. The van der Waals surface area contributed by atoms with Gasteiger partial charge in [-0.15, -0.1) is 0 Å². The van der Waals surface area contributed by atoms with E-state index < -0.39 is 0 Å². The third-order valence-corrected chi connectivity index (χ3v) is 3.00. The van der Waals surface area contributed by atoms with E-state index >= 15 is 0 Å². The zero-order valence-corrected chi connectivity index (χ0v) is 10.5. The van der Waals surface area contributed by atoms with E-state index in [1.807, 2.05) is 31.2 Å². The van der Waals surface area contributed by atoms with Crippen molar-refractivity contribution in [3.8, 4) is 11.3 Å². The molecule has 78 valence electrons. The van der Waals surface area contributed by atoms with Gasteiger partial charge in [0, 0.05) is 14.7 Å². The lowest BCUT2D eigenvalue weighted by molar-refractivity contribution is 0.435. The first kappa shape index (κ1) is 10.5. The number of rotatable bonds is 2. The molecule has 0 spiro atoms. The lowest BCUT2D eigenvalue weighted by Gasteiger charge is -1.99. The van der Waals surface area contributed by atoms with Crippen molar-refractivity contribution < 1.29 is 4.52 Å². The Morgan fingerprint density at radius 1 is 1.33 bits per heavy atom. The second kappa shape index (κ2) is 4.22. The van der Waals surface area contributed by atoms with Crippen LogP contribution in [0.3, 0.4) is 0 Å². The average molecular weight is 314 g/mol. The topological polar surface area (TPSA) is 52.0 Å². The smallest absolute Gasteiger partial charge is 0.172 e. The highest BCUT2D eigenvalue weighted by Crippen LogP contribution is 2.28. The molecular formula is C11H11IN2O. The Bertz CT molecular complexity index is 462. The first-order valence-corrected chi connectivity index (χ1v) is 5.80. The molecule has 0 amide bonds. The molecule has 2 N–H and O–H groups in total. The molecule has 1 aromatic carbocycles. The molecular weight excluding hydrogens is 303 g/mol. The van der Waals surface area contributed by atoms with Crippen LogP contribution in [0.5, 0.6) is 0 Å². The van der Waals surface area contributed by atoms with Gasteiger partial charge in [0.15, 0.2) is 11.6 Å². The second-order valence-electron chi connectivity index (χ2n) is 3.24. The summed E-state index contributed by atoms with van der Waals surface area (Å²) in [5, 5.41) is 3.79. The molecule has 0 aliphatic rings. The van der Waals surface area contributed by atoms with Gasteiger partial charge in [-0.25, -0.2) is 0 Å². The van der Waals surface area contributed by atoms with E-state index in [9.17, 15) is 0 Å². The Kier molecular flexibility index (Phi) is 2.95. The van der Waals surface area contributed by atoms with Gasteiger partial charge >= 0.3 is 0 Å². The van der Waals surface area contributed by atoms with Crippen LogP contribution in [0.15, 0.2) is 28.8 Å². The first-order chi connectivity index (χ1) is 7.22. The molecule has 3 nitrogen and oxygen atoms in total. The first-order valence-electron chi connectivity index (χ1n) is 4.72. The Morgan fingerprint density at radius 2 is 2.00 bits per heavy atom. The number of hydrogen-bond acceptors (Lipinski definition) is 3. The summed E-state index contributed by atoms with van der Waals surface area (Å²) in [6.07, 6.45) is 0.830. The van der Waals surface area contributed by atoms with Crippen molar-refractivity contribution in [1.82, 2.24) is 5.16 Å². The number of nitrogen functional groups attached to an aromatic ring is 1. The van der Waals surface area contributed by atoms with Crippen molar-refractivity contribution in [1.29, 1.82) is 0 Å². The van der Waals surface area contributed by atoms with Crippen molar-refractivity contribution in [2.45, 2.75) is 13.3 Å². The molecule has 0 saturated carbocycles. The van der Waals surface area contributed by atoms with Crippen LogP contribution >= 0.6 is 22.6 Å². The molecule has 0 bridgehead atoms. The molecule has 1 heterocycles. The molecule has 1 aromatic heterocycles. The Morgan fingerprint density at radius 3 is 2.60 bits per heavy atom. The Labute approximate surface area is 102 Å². The maximum Gasteiger partial charge on any atom is 0.172 e. The second-order valence-corrected chi connectivity index (χ2v) is 4.48. The van der Waals surface area contributed by atoms with Crippen LogP contribution in [0.4, 0.5) is 5.82 Å². The minimum Gasteiger partial charge on any atom is -0.381 e. The highest BCUT2D eigenvalue weighted by atomic mass is 127. The van der Waals surface area contributed by atoms with Crippen molar-refractivity contribution in [2.24, 2.45) is 0 Å². The highest BCUT2D eigenvalue weighted by Gasteiger charge is 2.13. The Hall–Kier alpha value is -1.04. The van der Waals surface area contributed by atoms with E-state index in [0.717, 1.165) is 23.3 Å². The number of halogens is 1. The van der Waals surface area contributed by atoms with Gasteiger partial charge in [-0.1, -0.05) is 24.2 Å². The summed E-state index contributed by atoms with van der Waals surface area (Å²) < 4.78 is 6.43. The van der Waals surface area contributed by atoms with Gasteiger partial charge in [-0.3, -0.25) is 0 Å². The Balaban J connectivity index is 2.49. The maximum atomic E-state index is 5.71. The third-order valence-electron chi connectivity index (χ3n) is 2.28. The van der Waals surface area contributed by atoms with Crippen LogP contribution in [0.25, 0.3) is 11.3 Å². The largest absolute Gasteiger partial charge is 0.381 e. The minimum absolute atomic E-state index is 0.492. The van der Waals surface area contributed by atoms with E-state index in [4.69, 9.17) is 10.3 Å². The molecule has 15 heavy (non-hydrogen) atoms. The van der Waals surface area contributed by atoms with Crippen molar-refractivity contribution in [3.05, 3.63) is 33.4 Å². The predicted octanol–water partition coefficient (Wildman–Crippen LogP) is 3.09. The molecule has 0 fully saturated rings. The normalized spacial score (nSPS) is 10.5. The predicted molar refractivity (Wildman–Crippen MR) is 68.4 cm³/mol. The lowest BCUT2D eigenvalue weighted by Crippen LogP contribution is -1.90. The number of benzene rings is 1. The number of aromatic nitrogens is 1. The van der Waals surface area contributed by atoms with Crippen LogP contribution in [0.1, 0.15) is 12.5 Å². The number of nitrogens with zero attached hydrogens (tertiary/aromatic N) is 1. The summed E-state index contributed by atoms with van der Waals surface area (Å²) in [7, 11) is 0. The average Bonchev–Trinajstić information content (AvgIpc) is 2.61. The van der Waals surface area contributed by atoms with E-state index in [-0.39, 0.29) is 0 Å². The van der Waals surface area contributed by atoms with Crippen LogP contribution < -0.4 is 5.73 Å². The molecule has 0 aliphatic heterocycles. The fraction of sp³-hybridized carbons (Fsp3) is 0.182. The molecule has 0 atom stereocenters. The van der Waals surface area contributed by atoms with Crippen LogP contribution in [-0.4, -0.2) is 5.16 Å². The quantitative estimate of drug-likeness (QED) is 0.867. The van der Waals surface area contributed by atoms with Gasteiger partial charge < -0.3 is 10.3 Å². The summed E-state index contributed by atoms with van der Waals surface area (Å²) in [6, 6.07) is 8.10. The van der Waals surface area contributed by atoms with Crippen LogP contribution in [0, 0.1) is 3.57 Å². The van der Waals surface area contributed by atoms with Crippen molar-refractivity contribution >= 4 is 28.4 Å². The molecule has 0 aliphatic carbocycles. The third kappa shape index (κ3) is 1.99. The van der Waals surface area contributed by atoms with Crippen LogP contribution in [-0.2, 0) is 6.42 Å². The fourth-order valence-electron chi connectivity index (χ4n) is 1.49. The van der Waals surface area contributed by atoms with Gasteiger partial charge in [0.2, 0.25) is 0 Å². The molecule has 2 rings (SSSR count). The van der Waals surface area contributed by atoms with E-state index in [2.05, 4.69) is 27.7 Å². The summed E-state index contributed by atoms with van der Waals surface area (Å²) in [4.78, 5) is 0. The number of nitrogens with two attached hydrogens (primary N) is 1. The van der Waals surface area contributed by atoms with E-state index in [0.29, 0.717) is 5.82 Å². The number of hydrogen-bond donors (Lipinski definition) is 1. The molecule has 0 saturated heterocycles. The van der Waals surface area contributed by atoms with E-state index in [1.165, 1.54) is 3.57 Å². The summed E-state index contributed by atoms with van der Waals surface area (Å²) >= 11 is 2.27. The molecule has 4 heteroatoms. The summed E-state index contributed by atoms with van der Waals surface area (Å²) in [5.74, 6) is 1.28. The van der Waals surface area contributed by atoms with Gasteiger partial charge in [-0.2, -0.15) is 0 Å². The zero-order chi connectivity index (χ0) is 10.8. The van der Waals surface area contributed by atoms with Gasteiger partial charge in [-0.05, 0) is 41.1 Å². The van der Waals surface area contributed by atoms with Crippen molar-refractivity contribution in [3.63, 3.8) is 0 Å². The van der Waals surface area contributed by atoms with Crippen molar-refractivity contribution in [2.75, 3.05) is 5.73 Å². The highest BCUT2D eigenvalue weighted by molar-refractivity contribution is 14.1. The molecule has 0 radical (unpaired) electrons. The fourth-order valence-corrected chi connectivity index (χ4v) is 1.85. The summed E-state index contributed by atoms with van der Waals surface area (Å²) in [6.45, 7) is 2.04. The SMILES string of the molecule is CCc1c(N)noc1-c1ccc(I)cc1. The van der Waals surface area contributed by atoms with Gasteiger partial charge in [0.1, 0.15) is 0 Å². The monoisotopic (exact) mass is 314 g/mol. The van der Waals surface area contributed by atoms with Gasteiger partial charge in [0.05, 0.1) is 0 Å². The van der Waals surface area contributed by atoms with Gasteiger partial charge in [0.25, 0.3) is 0 Å². The standard InChI is InChI=1S/C11H11IN2O/c1-2-9-10(15-14-11(9)13)7-3-5-8(12)6-4-7/h3-6H,2H2,1H3,(H2,13,14). The van der Waals surface area contributed by atoms with Crippen LogP contribution in [0.2, 0.25) is 0 Å². The van der Waals surface area contributed by atoms with E-state index in [1.54, 1.807) is 0 Å². The summed E-state index contributed by atoms with van der Waals surface area (Å²) in [5.41, 5.74) is 7.72. The molecule has 0 unspecified atom stereocenters. The zero-order valence-electron chi connectivity index (χ0n) is 8.33. The minimum atomic E-state index is 0.492. The lowest BCUT2D eigenvalue weighted by atomic mass is 10.1. The maximum absolute atomic E-state index is 5.71.